The molecular weight excluding hydrogens is 546 g/mol. The smallest absolute Gasteiger partial charge is 0.253 e. The molecule has 0 bridgehead atoms. The highest BCUT2D eigenvalue weighted by molar-refractivity contribution is 6.31. The van der Waals surface area contributed by atoms with Crippen molar-refractivity contribution in [1.82, 2.24) is 20.2 Å². The molecule has 2 N–H and O–H groups in total. The number of hydrogen-bond donors (Lipinski definition) is 2. The lowest BCUT2D eigenvalue weighted by atomic mass is 9.95. The first-order chi connectivity index (χ1) is 19.4. The average Bonchev–Trinajstić information content (AvgIpc) is 3.09. The average molecular weight is 577 g/mol. The number of halogens is 3. The first-order valence-electron chi connectivity index (χ1n) is 12.8. The number of aliphatic imine (C=N–C) groups is 1. The maximum atomic E-state index is 14.8. The van der Waals surface area contributed by atoms with Gasteiger partial charge in [-0.15, -0.1) is 0 Å². The van der Waals surface area contributed by atoms with E-state index < -0.39 is 11.6 Å². The topological polar surface area (TPSA) is 82.5 Å². The van der Waals surface area contributed by atoms with Crippen LogP contribution in [-0.2, 0) is 6.54 Å². The minimum Gasteiger partial charge on any atom is -0.342 e. The third-order valence-corrected chi connectivity index (χ3v) is 6.85. The molecule has 5 rings (SSSR count). The van der Waals surface area contributed by atoms with E-state index in [2.05, 4.69) is 20.6 Å². The maximum Gasteiger partial charge on any atom is 0.253 e. The summed E-state index contributed by atoms with van der Waals surface area (Å²) in [5.74, 6) is -1.16. The number of carbonyl (C=O) groups excluding carboxylic acids is 1. The third-order valence-electron chi connectivity index (χ3n) is 6.62. The molecule has 10 heteroatoms. The Labute approximate surface area is 243 Å². The fourth-order valence-electron chi connectivity index (χ4n) is 4.56. The Balaban J connectivity index is 0.00000387. The van der Waals surface area contributed by atoms with Gasteiger partial charge in [0.15, 0.2) is 0 Å². The standard InChI is InChI=1S/C30H27ClF2N6O.CH4/c1-34-13-4-14-39(2)29(40)18-7-10-21(11-8-18)37-30-36-17-19-16-35-28(26-24(32)5-3-6-25(26)33)23-15-20(31)9-12-22(23)27(19)38-30;/h3,5-12,15,17,34H,4,13-14,16H2,1-2H3,(H,36,37,38);1H4. The van der Waals surface area contributed by atoms with Gasteiger partial charge in [0.1, 0.15) is 11.6 Å². The van der Waals surface area contributed by atoms with Crippen LogP contribution in [0.4, 0.5) is 20.4 Å². The van der Waals surface area contributed by atoms with E-state index in [0.717, 1.165) is 13.0 Å². The van der Waals surface area contributed by atoms with Crippen LogP contribution >= 0.6 is 11.6 Å². The molecule has 0 aliphatic carbocycles. The van der Waals surface area contributed by atoms with Gasteiger partial charge in [0.05, 0.1) is 23.5 Å². The van der Waals surface area contributed by atoms with Crippen molar-refractivity contribution in [3.63, 3.8) is 0 Å². The molecule has 41 heavy (non-hydrogen) atoms. The Hall–Kier alpha value is -4.21. The van der Waals surface area contributed by atoms with Crippen LogP contribution in [0, 0.1) is 11.6 Å². The predicted molar refractivity (Wildman–Crippen MR) is 160 cm³/mol. The van der Waals surface area contributed by atoms with Crippen molar-refractivity contribution in [1.29, 1.82) is 0 Å². The Morgan fingerprint density at radius 3 is 2.49 bits per heavy atom. The quantitative estimate of drug-likeness (QED) is 0.234. The minimum absolute atomic E-state index is 0. The number of carbonyl (C=O) groups is 1. The molecule has 1 aliphatic rings. The number of amides is 1. The summed E-state index contributed by atoms with van der Waals surface area (Å²) in [5.41, 5.74) is 3.61. The van der Waals surface area contributed by atoms with E-state index in [1.807, 2.05) is 7.05 Å². The summed E-state index contributed by atoms with van der Waals surface area (Å²) in [6.07, 6.45) is 2.51. The molecule has 2 heterocycles. The summed E-state index contributed by atoms with van der Waals surface area (Å²) in [6.45, 7) is 1.63. The van der Waals surface area contributed by atoms with Crippen LogP contribution in [-0.4, -0.2) is 53.7 Å². The lowest BCUT2D eigenvalue weighted by Gasteiger charge is -2.17. The number of benzene rings is 3. The van der Waals surface area contributed by atoms with Crippen LogP contribution in [0.5, 0.6) is 0 Å². The Kier molecular flexibility index (Phi) is 9.42. The van der Waals surface area contributed by atoms with Crippen molar-refractivity contribution in [2.24, 2.45) is 4.99 Å². The molecule has 1 aliphatic heterocycles. The highest BCUT2D eigenvalue weighted by Crippen LogP contribution is 2.34. The van der Waals surface area contributed by atoms with Crippen LogP contribution < -0.4 is 10.6 Å². The zero-order chi connectivity index (χ0) is 28.2. The van der Waals surface area contributed by atoms with E-state index in [-0.39, 0.29) is 31.2 Å². The maximum absolute atomic E-state index is 14.8. The summed E-state index contributed by atoms with van der Waals surface area (Å²) >= 11 is 6.30. The lowest BCUT2D eigenvalue weighted by molar-refractivity contribution is 0.0793. The fourth-order valence-corrected chi connectivity index (χ4v) is 4.73. The fraction of sp³-hybridized carbons (Fsp3) is 0.226. The van der Waals surface area contributed by atoms with Crippen molar-refractivity contribution >= 4 is 34.9 Å². The SMILES string of the molecule is C.CNCCCN(C)C(=O)c1ccc(Nc2ncc3c(n2)-c2ccc(Cl)cc2C(c2c(F)cccc2F)=NC3)cc1. The zero-order valence-corrected chi connectivity index (χ0v) is 22.8. The first kappa shape index (κ1) is 29.8. The van der Waals surface area contributed by atoms with E-state index in [1.54, 1.807) is 60.6 Å². The van der Waals surface area contributed by atoms with Crippen molar-refractivity contribution in [3.05, 3.63) is 106 Å². The van der Waals surface area contributed by atoms with Crippen molar-refractivity contribution in [2.45, 2.75) is 20.4 Å². The molecule has 4 aromatic rings. The van der Waals surface area contributed by atoms with Crippen LogP contribution in [0.1, 0.15) is 40.9 Å². The first-order valence-corrected chi connectivity index (χ1v) is 13.2. The summed E-state index contributed by atoms with van der Waals surface area (Å²) in [7, 11) is 3.67. The molecule has 0 fully saturated rings. The van der Waals surface area contributed by atoms with Gasteiger partial charge < -0.3 is 15.5 Å². The molecule has 1 amide bonds. The van der Waals surface area contributed by atoms with Crippen molar-refractivity contribution in [2.75, 3.05) is 32.5 Å². The molecule has 0 saturated heterocycles. The van der Waals surface area contributed by atoms with Crippen LogP contribution in [0.3, 0.4) is 0 Å². The van der Waals surface area contributed by atoms with Crippen LogP contribution in [0.25, 0.3) is 11.3 Å². The van der Waals surface area contributed by atoms with Gasteiger partial charge in [0, 0.05) is 52.8 Å². The Morgan fingerprint density at radius 1 is 1.05 bits per heavy atom. The van der Waals surface area contributed by atoms with E-state index >= 15 is 0 Å². The lowest BCUT2D eigenvalue weighted by Crippen LogP contribution is -2.29. The monoisotopic (exact) mass is 576 g/mol. The molecule has 0 saturated carbocycles. The summed E-state index contributed by atoms with van der Waals surface area (Å²) < 4.78 is 29.5. The van der Waals surface area contributed by atoms with Gasteiger partial charge in [-0.2, -0.15) is 0 Å². The molecule has 0 radical (unpaired) electrons. The summed E-state index contributed by atoms with van der Waals surface area (Å²) in [5, 5.41) is 6.66. The van der Waals surface area contributed by atoms with Crippen molar-refractivity contribution < 1.29 is 13.6 Å². The second-order valence-corrected chi connectivity index (χ2v) is 9.84. The third kappa shape index (κ3) is 6.42. The number of nitrogens with one attached hydrogen (secondary N) is 2. The van der Waals surface area contributed by atoms with Crippen molar-refractivity contribution in [3.8, 4) is 11.3 Å². The number of nitrogens with zero attached hydrogens (tertiary/aromatic N) is 4. The molecule has 3 aromatic carbocycles. The molecule has 1 aromatic heterocycles. The molecule has 0 unspecified atom stereocenters. The molecule has 212 valence electrons. The number of rotatable bonds is 8. The van der Waals surface area contributed by atoms with Crippen LogP contribution in [0.15, 0.2) is 71.9 Å². The molecule has 7 nitrogen and oxygen atoms in total. The highest BCUT2D eigenvalue weighted by Gasteiger charge is 2.25. The van der Waals surface area contributed by atoms with Crippen LogP contribution in [0.2, 0.25) is 5.02 Å². The van der Waals surface area contributed by atoms with Gasteiger partial charge in [0.2, 0.25) is 5.95 Å². The predicted octanol–water partition coefficient (Wildman–Crippen LogP) is 6.49. The molecular formula is C31H31ClF2N6O. The largest absolute Gasteiger partial charge is 0.342 e. The normalized spacial score (nSPS) is 11.9. The molecule has 0 spiro atoms. The second kappa shape index (κ2) is 13.0. The van der Waals surface area contributed by atoms with Gasteiger partial charge in [0.25, 0.3) is 5.91 Å². The van der Waals surface area contributed by atoms with Gasteiger partial charge in [-0.25, -0.2) is 18.7 Å². The van der Waals surface area contributed by atoms with Gasteiger partial charge >= 0.3 is 0 Å². The van der Waals surface area contributed by atoms with E-state index in [9.17, 15) is 13.6 Å². The molecule has 0 atom stereocenters. The summed E-state index contributed by atoms with van der Waals surface area (Å²) in [6, 6.07) is 15.9. The van der Waals surface area contributed by atoms with Gasteiger partial charge in [-0.3, -0.25) is 9.79 Å². The number of aromatic nitrogens is 2. The summed E-state index contributed by atoms with van der Waals surface area (Å²) in [4.78, 5) is 28.1. The van der Waals surface area contributed by atoms with E-state index in [4.69, 9.17) is 16.6 Å². The van der Waals surface area contributed by atoms with E-state index in [0.29, 0.717) is 51.2 Å². The number of anilines is 2. The Bertz CT molecular complexity index is 1570. The Morgan fingerprint density at radius 2 is 1.78 bits per heavy atom. The van der Waals surface area contributed by atoms with E-state index in [1.165, 1.54) is 18.2 Å². The van der Waals surface area contributed by atoms with Gasteiger partial charge in [-0.05, 0) is 68.5 Å². The zero-order valence-electron chi connectivity index (χ0n) is 22.0. The highest BCUT2D eigenvalue weighted by atomic mass is 35.5. The minimum atomic E-state index is -0.713. The second-order valence-electron chi connectivity index (χ2n) is 9.41. The number of fused-ring (bicyclic) bond motifs is 3. The van der Waals surface area contributed by atoms with Gasteiger partial charge in [-0.1, -0.05) is 31.2 Å². The number of hydrogen-bond acceptors (Lipinski definition) is 6.